The molecule has 3 nitrogen and oxygen atoms in total. The molecule has 1 unspecified atom stereocenters. The van der Waals surface area contributed by atoms with Crippen molar-refractivity contribution in [3.8, 4) is 5.75 Å². The Kier molecular flexibility index (Phi) is 7.74. The molecule has 0 aromatic heterocycles. The molecular formula is C26H25F4NO2. The third-order valence-corrected chi connectivity index (χ3v) is 5.00. The smallest absolute Gasteiger partial charge is 0.416 e. The van der Waals surface area contributed by atoms with Crippen LogP contribution in [0.15, 0.2) is 72.8 Å². The summed E-state index contributed by atoms with van der Waals surface area (Å²) in [5.74, 6) is -0.711. The van der Waals surface area contributed by atoms with E-state index >= 15 is 0 Å². The number of halogens is 4. The highest BCUT2D eigenvalue weighted by molar-refractivity contribution is 5.94. The molecule has 3 aromatic rings. The zero-order valence-electron chi connectivity index (χ0n) is 18.3. The van der Waals surface area contributed by atoms with Gasteiger partial charge in [0.1, 0.15) is 18.2 Å². The van der Waals surface area contributed by atoms with E-state index in [2.05, 4.69) is 5.32 Å². The summed E-state index contributed by atoms with van der Waals surface area (Å²) >= 11 is 0. The minimum atomic E-state index is -4.68. The predicted molar refractivity (Wildman–Crippen MR) is 118 cm³/mol. The molecule has 0 saturated heterocycles. The van der Waals surface area contributed by atoms with Gasteiger partial charge >= 0.3 is 6.18 Å². The van der Waals surface area contributed by atoms with Crippen LogP contribution in [0.1, 0.15) is 53.4 Å². The van der Waals surface area contributed by atoms with Gasteiger partial charge in [-0.2, -0.15) is 13.2 Å². The van der Waals surface area contributed by atoms with E-state index in [0.717, 1.165) is 17.7 Å². The van der Waals surface area contributed by atoms with Crippen LogP contribution in [-0.2, 0) is 12.8 Å². The third-order valence-electron chi connectivity index (χ3n) is 5.00. The van der Waals surface area contributed by atoms with Crippen LogP contribution >= 0.6 is 0 Å². The summed E-state index contributed by atoms with van der Waals surface area (Å²) in [6.07, 6.45) is -4.33. The normalized spacial score (nSPS) is 12.5. The first-order valence-corrected chi connectivity index (χ1v) is 10.6. The van der Waals surface area contributed by atoms with E-state index in [1.807, 2.05) is 50.2 Å². The van der Waals surface area contributed by atoms with Crippen molar-refractivity contribution < 1.29 is 27.1 Å². The average molecular weight is 459 g/mol. The molecule has 0 aliphatic carbocycles. The Labute approximate surface area is 190 Å². The maximum atomic E-state index is 14.0. The van der Waals surface area contributed by atoms with Crippen molar-refractivity contribution in [3.63, 3.8) is 0 Å². The highest BCUT2D eigenvalue weighted by atomic mass is 19.4. The van der Waals surface area contributed by atoms with E-state index in [1.54, 1.807) is 18.2 Å². The van der Waals surface area contributed by atoms with Crippen molar-refractivity contribution in [2.45, 2.75) is 39.1 Å². The van der Waals surface area contributed by atoms with E-state index in [9.17, 15) is 22.4 Å². The fourth-order valence-corrected chi connectivity index (χ4v) is 3.45. The van der Waals surface area contributed by atoms with Crippen molar-refractivity contribution in [2.75, 3.05) is 0 Å². The Morgan fingerprint density at radius 2 is 1.70 bits per heavy atom. The molecule has 0 saturated carbocycles. The van der Waals surface area contributed by atoms with Gasteiger partial charge < -0.3 is 10.1 Å². The lowest BCUT2D eigenvalue weighted by Crippen LogP contribution is -2.30. The topological polar surface area (TPSA) is 38.3 Å². The molecule has 174 valence electrons. The number of carbonyl (C=O) groups excluding carboxylic acids is 1. The third kappa shape index (κ3) is 7.07. The number of nitrogens with one attached hydrogen (secondary N) is 1. The fourth-order valence-electron chi connectivity index (χ4n) is 3.45. The summed E-state index contributed by atoms with van der Waals surface area (Å²) in [5, 5.41) is 2.77. The largest absolute Gasteiger partial charge is 0.489 e. The van der Waals surface area contributed by atoms with Gasteiger partial charge in [-0.3, -0.25) is 4.79 Å². The molecule has 0 radical (unpaired) electrons. The number of ether oxygens (including phenoxy) is 1. The maximum absolute atomic E-state index is 14.0. The summed E-state index contributed by atoms with van der Waals surface area (Å²) in [6, 6.07) is 17.6. The van der Waals surface area contributed by atoms with Gasteiger partial charge in [-0.1, -0.05) is 44.2 Å². The standard InChI is InChI=1S/C26H25F4NO2/c1-17(2)11-24(20-13-21(26(28,29)30)15-22(27)14-20)31-25(32)19-8-6-7-18(12-19)16-33-23-9-4-3-5-10-23/h3-10,12-15,17,24H,11,16H2,1-2H3,(H,31,32). The van der Waals surface area contributed by atoms with Crippen molar-refractivity contribution in [1.29, 1.82) is 0 Å². The van der Waals surface area contributed by atoms with Gasteiger partial charge in [0.15, 0.2) is 0 Å². The lowest BCUT2D eigenvalue weighted by molar-refractivity contribution is -0.137. The first-order chi connectivity index (χ1) is 15.6. The molecule has 33 heavy (non-hydrogen) atoms. The molecular weight excluding hydrogens is 434 g/mol. The minimum Gasteiger partial charge on any atom is -0.489 e. The van der Waals surface area contributed by atoms with Crippen LogP contribution in [0.2, 0.25) is 0 Å². The Morgan fingerprint density at radius 3 is 2.36 bits per heavy atom. The number of hydrogen-bond acceptors (Lipinski definition) is 2. The number of amides is 1. The zero-order valence-corrected chi connectivity index (χ0v) is 18.3. The van der Waals surface area contributed by atoms with Gasteiger partial charge in [0.25, 0.3) is 5.91 Å². The number of rotatable bonds is 8. The van der Waals surface area contributed by atoms with Gasteiger partial charge in [-0.15, -0.1) is 0 Å². The molecule has 0 heterocycles. The van der Waals surface area contributed by atoms with Crippen LogP contribution in [0.25, 0.3) is 0 Å². The first-order valence-electron chi connectivity index (χ1n) is 10.6. The summed E-state index contributed by atoms with van der Waals surface area (Å²) in [5.41, 5.74) is 0.0934. The number of benzene rings is 3. The lowest BCUT2D eigenvalue weighted by atomic mass is 9.95. The van der Waals surface area contributed by atoms with Crippen LogP contribution < -0.4 is 10.1 Å². The Balaban J connectivity index is 1.79. The quantitative estimate of drug-likeness (QED) is 0.371. The summed E-state index contributed by atoms with van der Waals surface area (Å²) in [6.45, 7) is 4.01. The van der Waals surface area contributed by atoms with Crippen molar-refractivity contribution in [2.24, 2.45) is 5.92 Å². The molecule has 0 bridgehead atoms. The van der Waals surface area contributed by atoms with E-state index in [4.69, 9.17) is 4.74 Å². The number of alkyl halides is 3. The lowest BCUT2D eigenvalue weighted by Gasteiger charge is -2.22. The van der Waals surface area contributed by atoms with E-state index < -0.39 is 29.5 Å². The molecule has 0 fully saturated rings. The van der Waals surface area contributed by atoms with E-state index in [-0.39, 0.29) is 18.1 Å². The Morgan fingerprint density at radius 1 is 0.970 bits per heavy atom. The van der Waals surface area contributed by atoms with Crippen molar-refractivity contribution >= 4 is 5.91 Å². The van der Waals surface area contributed by atoms with Gasteiger partial charge in [0.05, 0.1) is 11.6 Å². The van der Waals surface area contributed by atoms with Gasteiger partial charge in [0.2, 0.25) is 0 Å². The monoisotopic (exact) mass is 459 g/mol. The van der Waals surface area contributed by atoms with Crippen LogP contribution in [-0.4, -0.2) is 5.91 Å². The van der Waals surface area contributed by atoms with E-state index in [0.29, 0.717) is 23.8 Å². The van der Waals surface area contributed by atoms with Crippen LogP contribution in [0, 0.1) is 11.7 Å². The molecule has 1 N–H and O–H groups in total. The fraction of sp³-hybridized carbons (Fsp3) is 0.269. The van der Waals surface area contributed by atoms with Crippen LogP contribution in [0.5, 0.6) is 5.75 Å². The summed E-state index contributed by atoms with van der Waals surface area (Å²) in [7, 11) is 0. The summed E-state index contributed by atoms with van der Waals surface area (Å²) < 4.78 is 59.2. The van der Waals surface area contributed by atoms with Crippen LogP contribution in [0.4, 0.5) is 17.6 Å². The number of para-hydroxylation sites is 1. The van der Waals surface area contributed by atoms with Crippen LogP contribution in [0.3, 0.4) is 0 Å². The zero-order chi connectivity index (χ0) is 24.0. The predicted octanol–water partition coefficient (Wildman–Crippen LogP) is 6.94. The number of hydrogen-bond donors (Lipinski definition) is 1. The highest BCUT2D eigenvalue weighted by Crippen LogP contribution is 2.33. The molecule has 0 aliphatic heterocycles. The Bertz CT molecular complexity index is 1080. The minimum absolute atomic E-state index is 0.0542. The van der Waals surface area contributed by atoms with Crippen molar-refractivity contribution in [3.05, 3.63) is 101 Å². The highest BCUT2D eigenvalue weighted by Gasteiger charge is 2.32. The summed E-state index contributed by atoms with van der Waals surface area (Å²) in [4.78, 5) is 12.9. The van der Waals surface area contributed by atoms with Crippen molar-refractivity contribution in [1.82, 2.24) is 5.32 Å². The maximum Gasteiger partial charge on any atom is 0.416 e. The molecule has 1 atom stereocenters. The first kappa shape index (κ1) is 24.3. The SMILES string of the molecule is CC(C)CC(NC(=O)c1cccc(COc2ccccc2)c1)c1cc(F)cc(C(F)(F)F)c1. The Hall–Kier alpha value is -3.35. The van der Waals surface area contributed by atoms with Gasteiger partial charge in [0, 0.05) is 5.56 Å². The van der Waals surface area contributed by atoms with Gasteiger partial charge in [-0.05, 0) is 65.9 Å². The van der Waals surface area contributed by atoms with Gasteiger partial charge in [-0.25, -0.2) is 4.39 Å². The second-order valence-corrected chi connectivity index (χ2v) is 8.23. The second kappa shape index (κ2) is 10.5. The molecule has 3 aromatic carbocycles. The molecule has 0 spiro atoms. The molecule has 1 amide bonds. The molecule has 0 aliphatic rings. The van der Waals surface area contributed by atoms with E-state index in [1.165, 1.54) is 0 Å². The molecule has 7 heteroatoms. The molecule has 3 rings (SSSR count). The number of carbonyl (C=O) groups is 1. The average Bonchev–Trinajstić information content (AvgIpc) is 2.77. The second-order valence-electron chi connectivity index (χ2n) is 8.23.